The molecule has 0 spiro atoms. The molecule has 21 heavy (non-hydrogen) atoms. The van der Waals surface area contributed by atoms with E-state index >= 15 is 0 Å². The number of nitrogens with one attached hydrogen (secondary N) is 1. The lowest BCUT2D eigenvalue weighted by atomic mass is 10.2. The molecule has 5 nitrogen and oxygen atoms in total. The van der Waals surface area contributed by atoms with Gasteiger partial charge in [0, 0.05) is 19.2 Å². The summed E-state index contributed by atoms with van der Waals surface area (Å²) in [6, 6.07) is 7.96. The first-order valence-corrected chi connectivity index (χ1v) is 7.59. The summed E-state index contributed by atoms with van der Waals surface area (Å²) in [5.41, 5.74) is 3.04. The predicted octanol–water partition coefficient (Wildman–Crippen LogP) is 3.14. The summed E-state index contributed by atoms with van der Waals surface area (Å²) in [5.74, 6) is -0.0418. The van der Waals surface area contributed by atoms with Crippen LogP contribution in [0.1, 0.15) is 17.7 Å². The molecule has 1 aromatic carbocycles. The molecule has 0 saturated heterocycles. The van der Waals surface area contributed by atoms with Gasteiger partial charge in [-0.15, -0.1) is 0 Å². The molecule has 0 atom stereocenters. The number of nitrogens with zero attached hydrogens (tertiary/aromatic N) is 3. The highest BCUT2D eigenvalue weighted by atomic mass is 32.1. The van der Waals surface area contributed by atoms with Crippen LogP contribution in [0.4, 0.5) is 5.13 Å². The maximum absolute atomic E-state index is 12.0. The van der Waals surface area contributed by atoms with Gasteiger partial charge in [-0.1, -0.05) is 23.5 Å². The smallest absolute Gasteiger partial charge is 0.228 e. The van der Waals surface area contributed by atoms with Gasteiger partial charge in [-0.2, -0.15) is 5.10 Å². The Bertz CT molecular complexity index is 790. The quantitative estimate of drug-likeness (QED) is 0.805. The second-order valence-electron chi connectivity index (χ2n) is 4.96. The van der Waals surface area contributed by atoms with Crippen molar-refractivity contribution in [1.82, 2.24) is 14.8 Å². The summed E-state index contributed by atoms with van der Waals surface area (Å²) in [4.78, 5) is 16.4. The summed E-state index contributed by atoms with van der Waals surface area (Å²) in [7, 11) is 0. The average Bonchev–Trinajstić information content (AvgIpc) is 3.03. The van der Waals surface area contributed by atoms with Gasteiger partial charge in [0.1, 0.15) is 0 Å². The zero-order valence-corrected chi connectivity index (χ0v) is 12.8. The van der Waals surface area contributed by atoms with Crippen LogP contribution < -0.4 is 5.32 Å². The Hall–Kier alpha value is -2.21. The van der Waals surface area contributed by atoms with Gasteiger partial charge in [-0.25, -0.2) is 4.98 Å². The van der Waals surface area contributed by atoms with Crippen LogP contribution in [0, 0.1) is 13.8 Å². The summed E-state index contributed by atoms with van der Waals surface area (Å²) >= 11 is 1.50. The van der Waals surface area contributed by atoms with E-state index in [1.165, 1.54) is 11.3 Å². The van der Waals surface area contributed by atoms with Crippen LogP contribution in [0.2, 0.25) is 0 Å². The number of anilines is 1. The molecule has 0 fully saturated rings. The molecule has 0 aliphatic carbocycles. The second kappa shape index (κ2) is 5.65. The molecule has 0 aliphatic heterocycles. The highest BCUT2D eigenvalue weighted by Crippen LogP contribution is 2.27. The Morgan fingerprint density at radius 2 is 2.19 bits per heavy atom. The van der Waals surface area contributed by atoms with Crippen LogP contribution in [-0.4, -0.2) is 20.7 Å². The fourth-order valence-electron chi connectivity index (χ4n) is 2.13. The number of carbonyl (C=O) groups is 1. The van der Waals surface area contributed by atoms with Crippen molar-refractivity contribution in [2.45, 2.75) is 26.8 Å². The molecule has 0 aliphatic rings. The third-order valence-corrected chi connectivity index (χ3v) is 4.15. The van der Waals surface area contributed by atoms with Crippen LogP contribution in [-0.2, 0) is 11.3 Å². The predicted molar refractivity (Wildman–Crippen MR) is 84.6 cm³/mol. The van der Waals surface area contributed by atoms with Crippen LogP contribution in [0.25, 0.3) is 10.2 Å². The number of hydrogen-bond acceptors (Lipinski definition) is 4. The van der Waals surface area contributed by atoms with Gasteiger partial charge in [-0.05, 0) is 31.5 Å². The van der Waals surface area contributed by atoms with Gasteiger partial charge in [0.15, 0.2) is 5.13 Å². The van der Waals surface area contributed by atoms with Crippen molar-refractivity contribution in [2.24, 2.45) is 0 Å². The summed E-state index contributed by atoms with van der Waals surface area (Å²) < 4.78 is 2.87. The SMILES string of the molecule is Cc1ccn(CCC(=O)Nc2nc3c(C)cccc3s2)n1. The minimum atomic E-state index is -0.0418. The normalized spacial score (nSPS) is 11.0. The van der Waals surface area contributed by atoms with E-state index in [-0.39, 0.29) is 5.91 Å². The van der Waals surface area contributed by atoms with Gasteiger partial charge in [0.2, 0.25) is 5.91 Å². The Kier molecular flexibility index (Phi) is 3.70. The van der Waals surface area contributed by atoms with E-state index in [9.17, 15) is 4.79 Å². The zero-order chi connectivity index (χ0) is 14.8. The topological polar surface area (TPSA) is 59.8 Å². The van der Waals surface area contributed by atoms with E-state index in [1.807, 2.05) is 44.3 Å². The monoisotopic (exact) mass is 300 g/mol. The fourth-order valence-corrected chi connectivity index (χ4v) is 3.09. The lowest BCUT2D eigenvalue weighted by Gasteiger charge is -2.02. The molecule has 2 aromatic heterocycles. The number of aryl methyl sites for hydroxylation is 3. The first kappa shape index (κ1) is 13.8. The number of benzene rings is 1. The van der Waals surface area contributed by atoms with Crippen molar-refractivity contribution in [3.05, 3.63) is 41.7 Å². The second-order valence-corrected chi connectivity index (χ2v) is 5.99. The van der Waals surface area contributed by atoms with Gasteiger partial charge < -0.3 is 5.32 Å². The van der Waals surface area contributed by atoms with Gasteiger partial charge in [-0.3, -0.25) is 9.48 Å². The Labute approximate surface area is 126 Å². The first-order chi connectivity index (χ1) is 10.1. The number of aromatic nitrogens is 3. The van der Waals surface area contributed by atoms with Gasteiger partial charge in [0.05, 0.1) is 15.9 Å². The van der Waals surface area contributed by atoms with E-state index in [1.54, 1.807) is 4.68 Å². The molecule has 1 amide bonds. The number of thiazole rings is 1. The first-order valence-electron chi connectivity index (χ1n) is 6.78. The number of fused-ring (bicyclic) bond motifs is 1. The zero-order valence-electron chi connectivity index (χ0n) is 12.0. The third kappa shape index (κ3) is 3.11. The molecular formula is C15H16N4OS. The van der Waals surface area contributed by atoms with Crippen LogP contribution >= 0.6 is 11.3 Å². The van der Waals surface area contributed by atoms with Crippen LogP contribution in [0.3, 0.4) is 0 Å². The number of para-hydroxylation sites is 1. The minimum absolute atomic E-state index is 0.0418. The summed E-state index contributed by atoms with van der Waals surface area (Å²) in [6.07, 6.45) is 2.26. The third-order valence-electron chi connectivity index (χ3n) is 3.21. The fraction of sp³-hybridized carbons (Fsp3) is 0.267. The van der Waals surface area contributed by atoms with Gasteiger partial charge >= 0.3 is 0 Å². The molecule has 0 bridgehead atoms. The van der Waals surface area contributed by atoms with Crippen molar-refractivity contribution in [3.63, 3.8) is 0 Å². The van der Waals surface area contributed by atoms with Crippen molar-refractivity contribution in [3.8, 4) is 0 Å². The molecule has 0 unspecified atom stereocenters. The molecule has 0 radical (unpaired) electrons. The molecule has 3 aromatic rings. The van der Waals surface area contributed by atoms with E-state index in [4.69, 9.17) is 0 Å². The lowest BCUT2D eigenvalue weighted by molar-refractivity contribution is -0.116. The largest absolute Gasteiger partial charge is 0.302 e. The number of hydrogen-bond donors (Lipinski definition) is 1. The number of amides is 1. The highest BCUT2D eigenvalue weighted by molar-refractivity contribution is 7.22. The van der Waals surface area contributed by atoms with Crippen molar-refractivity contribution < 1.29 is 4.79 Å². The summed E-state index contributed by atoms with van der Waals surface area (Å²) in [6.45, 7) is 4.53. The average molecular weight is 300 g/mol. The standard InChI is InChI=1S/C15H16N4OS/c1-10-4-3-5-12-14(10)17-15(21-12)16-13(20)7-9-19-8-6-11(2)18-19/h3-6,8H,7,9H2,1-2H3,(H,16,17,20). The molecule has 1 N–H and O–H groups in total. The maximum Gasteiger partial charge on any atom is 0.228 e. The molecule has 0 saturated carbocycles. The lowest BCUT2D eigenvalue weighted by Crippen LogP contribution is -2.14. The Morgan fingerprint density at radius 1 is 1.33 bits per heavy atom. The molecule has 2 heterocycles. The van der Waals surface area contributed by atoms with Gasteiger partial charge in [0.25, 0.3) is 0 Å². The maximum atomic E-state index is 12.0. The van der Waals surface area contributed by atoms with Crippen molar-refractivity contribution >= 4 is 32.6 Å². The molecular weight excluding hydrogens is 284 g/mol. The van der Waals surface area contributed by atoms with Crippen molar-refractivity contribution in [2.75, 3.05) is 5.32 Å². The van der Waals surface area contributed by atoms with E-state index in [0.29, 0.717) is 18.1 Å². The Morgan fingerprint density at radius 3 is 2.90 bits per heavy atom. The number of carbonyl (C=O) groups excluding carboxylic acids is 1. The van der Waals surface area contributed by atoms with Crippen molar-refractivity contribution in [1.29, 1.82) is 0 Å². The molecule has 6 heteroatoms. The highest BCUT2D eigenvalue weighted by Gasteiger charge is 2.09. The number of rotatable bonds is 4. The van der Waals surface area contributed by atoms with Crippen LogP contribution in [0.5, 0.6) is 0 Å². The van der Waals surface area contributed by atoms with E-state index < -0.39 is 0 Å². The molecule has 3 rings (SSSR count). The minimum Gasteiger partial charge on any atom is -0.302 e. The van der Waals surface area contributed by atoms with E-state index in [0.717, 1.165) is 21.5 Å². The Balaban J connectivity index is 1.64. The molecule has 108 valence electrons. The van der Waals surface area contributed by atoms with E-state index in [2.05, 4.69) is 15.4 Å². The van der Waals surface area contributed by atoms with Crippen LogP contribution in [0.15, 0.2) is 30.5 Å². The summed E-state index contributed by atoms with van der Waals surface area (Å²) in [5, 5.41) is 7.78.